The molecule has 0 amide bonds. The van der Waals surface area contributed by atoms with Crippen molar-refractivity contribution in [2.75, 3.05) is 7.11 Å². The summed E-state index contributed by atoms with van der Waals surface area (Å²) >= 11 is 0. The van der Waals surface area contributed by atoms with Gasteiger partial charge in [-0.25, -0.2) is 0 Å². The molecule has 1 heterocycles. The number of aromatic amines is 1. The van der Waals surface area contributed by atoms with Gasteiger partial charge in [-0.3, -0.25) is 4.79 Å². The van der Waals surface area contributed by atoms with Crippen molar-refractivity contribution >= 4 is 5.97 Å². The quantitative estimate of drug-likeness (QED) is 0.722. The van der Waals surface area contributed by atoms with Crippen molar-refractivity contribution in [3.8, 4) is 0 Å². The number of nitrogens with one attached hydrogen (secondary N) is 1. The van der Waals surface area contributed by atoms with Gasteiger partial charge >= 0.3 is 5.97 Å². The molecule has 0 bridgehead atoms. The molecule has 0 aliphatic carbocycles. The summed E-state index contributed by atoms with van der Waals surface area (Å²) < 4.78 is 4.71. The van der Waals surface area contributed by atoms with E-state index >= 15 is 0 Å². The number of carbonyl (C=O) groups is 1. The second-order valence-corrected chi connectivity index (χ2v) is 3.75. The fraction of sp³-hybridized carbons (Fsp3) is 0.500. The summed E-state index contributed by atoms with van der Waals surface area (Å²) in [6, 6.07) is 3.88. The first-order valence-electron chi connectivity index (χ1n) is 4.27. The first-order chi connectivity index (χ1) is 6.06. The van der Waals surface area contributed by atoms with Gasteiger partial charge in [0.2, 0.25) is 0 Å². The highest BCUT2D eigenvalue weighted by Crippen LogP contribution is 2.22. The standard InChI is InChI=1S/C10H15NO2/c1-10(2,9(12)13-3)7-8-5-4-6-11-8/h4-6,11H,7H2,1-3H3. The lowest BCUT2D eigenvalue weighted by Crippen LogP contribution is -2.28. The van der Waals surface area contributed by atoms with Crippen LogP contribution in [0.2, 0.25) is 0 Å². The summed E-state index contributed by atoms with van der Waals surface area (Å²) in [6.45, 7) is 3.75. The van der Waals surface area contributed by atoms with E-state index in [9.17, 15) is 4.79 Å². The number of hydrogen-bond donors (Lipinski definition) is 1. The van der Waals surface area contributed by atoms with Crippen LogP contribution in [0, 0.1) is 5.41 Å². The Balaban J connectivity index is 2.67. The first-order valence-corrected chi connectivity index (χ1v) is 4.27. The number of carbonyl (C=O) groups excluding carboxylic acids is 1. The number of ether oxygens (including phenoxy) is 1. The SMILES string of the molecule is COC(=O)C(C)(C)Cc1ccc[nH]1. The molecule has 0 saturated carbocycles. The fourth-order valence-electron chi connectivity index (χ4n) is 1.30. The van der Waals surface area contributed by atoms with Crippen LogP contribution >= 0.6 is 0 Å². The summed E-state index contributed by atoms with van der Waals surface area (Å²) in [7, 11) is 1.42. The van der Waals surface area contributed by atoms with Crippen LogP contribution in [0.25, 0.3) is 0 Å². The average molecular weight is 181 g/mol. The number of aromatic nitrogens is 1. The van der Waals surface area contributed by atoms with Crippen LogP contribution < -0.4 is 0 Å². The molecule has 0 spiro atoms. The Morgan fingerprint density at radius 3 is 2.77 bits per heavy atom. The molecule has 3 heteroatoms. The zero-order chi connectivity index (χ0) is 9.90. The van der Waals surface area contributed by atoms with E-state index in [-0.39, 0.29) is 5.97 Å². The third-order valence-electron chi connectivity index (χ3n) is 2.03. The van der Waals surface area contributed by atoms with Crippen molar-refractivity contribution in [3.63, 3.8) is 0 Å². The van der Waals surface area contributed by atoms with Crippen LogP contribution in [0.15, 0.2) is 18.3 Å². The Kier molecular flexibility index (Phi) is 2.76. The average Bonchev–Trinajstić information content (AvgIpc) is 2.54. The van der Waals surface area contributed by atoms with Crippen molar-refractivity contribution in [2.45, 2.75) is 20.3 Å². The maximum absolute atomic E-state index is 11.3. The summed E-state index contributed by atoms with van der Waals surface area (Å²) in [6.07, 6.45) is 2.52. The van der Waals surface area contributed by atoms with Gasteiger partial charge < -0.3 is 9.72 Å². The lowest BCUT2D eigenvalue weighted by atomic mass is 9.88. The lowest BCUT2D eigenvalue weighted by Gasteiger charge is -2.20. The van der Waals surface area contributed by atoms with Crippen molar-refractivity contribution in [3.05, 3.63) is 24.0 Å². The highest BCUT2D eigenvalue weighted by Gasteiger charge is 2.29. The molecule has 72 valence electrons. The summed E-state index contributed by atoms with van der Waals surface area (Å²) in [4.78, 5) is 14.4. The highest BCUT2D eigenvalue weighted by atomic mass is 16.5. The molecule has 1 rings (SSSR count). The number of esters is 1. The van der Waals surface area contributed by atoms with E-state index in [0.29, 0.717) is 6.42 Å². The van der Waals surface area contributed by atoms with Crippen LogP contribution in [0.3, 0.4) is 0 Å². The van der Waals surface area contributed by atoms with Crippen LogP contribution in [-0.4, -0.2) is 18.1 Å². The van der Waals surface area contributed by atoms with Gasteiger partial charge in [0.1, 0.15) is 0 Å². The van der Waals surface area contributed by atoms with Gasteiger partial charge in [0.05, 0.1) is 12.5 Å². The van der Waals surface area contributed by atoms with E-state index < -0.39 is 5.41 Å². The van der Waals surface area contributed by atoms with Crippen molar-refractivity contribution < 1.29 is 9.53 Å². The smallest absolute Gasteiger partial charge is 0.311 e. The molecule has 0 aromatic carbocycles. The molecule has 0 atom stereocenters. The summed E-state index contributed by atoms with van der Waals surface area (Å²) in [5.41, 5.74) is 0.593. The minimum atomic E-state index is -0.459. The molecular weight excluding hydrogens is 166 g/mol. The molecule has 0 aliphatic heterocycles. The molecule has 1 aromatic heterocycles. The van der Waals surface area contributed by atoms with E-state index in [1.54, 1.807) is 0 Å². The predicted octanol–water partition coefficient (Wildman–Crippen LogP) is 1.76. The van der Waals surface area contributed by atoms with Crippen LogP contribution in [0.4, 0.5) is 0 Å². The largest absolute Gasteiger partial charge is 0.469 e. The topological polar surface area (TPSA) is 42.1 Å². The fourth-order valence-corrected chi connectivity index (χ4v) is 1.30. The van der Waals surface area contributed by atoms with Crippen LogP contribution in [0.1, 0.15) is 19.5 Å². The first kappa shape index (κ1) is 9.84. The van der Waals surface area contributed by atoms with E-state index in [1.165, 1.54) is 7.11 Å². The van der Waals surface area contributed by atoms with Crippen LogP contribution in [-0.2, 0) is 16.0 Å². The molecular formula is C10H15NO2. The van der Waals surface area contributed by atoms with E-state index in [4.69, 9.17) is 4.74 Å². The van der Waals surface area contributed by atoms with Crippen molar-refractivity contribution in [2.24, 2.45) is 5.41 Å². The Labute approximate surface area is 78.1 Å². The van der Waals surface area contributed by atoms with Crippen LogP contribution in [0.5, 0.6) is 0 Å². The van der Waals surface area contributed by atoms with Gasteiger partial charge in [-0.05, 0) is 26.0 Å². The molecule has 0 saturated heterocycles. The zero-order valence-corrected chi connectivity index (χ0v) is 8.26. The number of rotatable bonds is 3. The molecule has 1 N–H and O–H groups in total. The van der Waals surface area contributed by atoms with E-state index in [2.05, 4.69) is 4.98 Å². The Morgan fingerprint density at radius 1 is 1.62 bits per heavy atom. The monoisotopic (exact) mass is 181 g/mol. The lowest BCUT2D eigenvalue weighted by molar-refractivity contribution is -0.150. The maximum atomic E-state index is 11.3. The van der Waals surface area contributed by atoms with Crippen molar-refractivity contribution in [1.82, 2.24) is 4.98 Å². The minimum Gasteiger partial charge on any atom is -0.469 e. The number of H-pyrrole nitrogens is 1. The number of methoxy groups -OCH3 is 1. The van der Waals surface area contributed by atoms with Gasteiger partial charge in [-0.2, -0.15) is 0 Å². The van der Waals surface area contributed by atoms with Gasteiger partial charge in [-0.15, -0.1) is 0 Å². The second-order valence-electron chi connectivity index (χ2n) is 3.75. The third-order valence-corrected chi connectivity index (χ3v) is 2.03. The molecule has 0 fully saturated rings. The van der Waals surface area contributed by atoms with E-state index in [0.717, 1.165) is 5.69 Å². The zero-order valence-electron chi connectivity index (χ0n) is 8.26. The Bertz CT molecular complexity index is 275. The maximum Gasteiger partial charge on any atom is 0.311 e. The van der Waals surface area contributed by atoms with Crippen molar-refractivity contribution in [1.29, 1.82) is 0 Å². The summed E-state index contributed by atoms with van der Waals surface area (Å²) in [5, 5.41) is 0. The molecule has 1 aromatic rings. The van der Waals surface area contributed by atoms with Gasteiger partial charge in [0.25, 0.3) is 0 Å². The predicted molar refractivity (Wildman–Crippen MR) is 50.3 cm³/mol. The molecule has 0 radical (unpaired) electrons. The Hall–Kier alpha value is -1.25. The normalized spacial score (nSPS) is 11.3. The highest BCUT2D eigenvalue weighted by molar-refractivity contribution is 5.76. The Morgan fingerprint density at radius 2 is 2.31 bits per heavy atom. The van der Waals surface area contributed by atoms with Gasteiger partial charge in [-0.1, -0.05) is 0 Å². The summed E-state index contributed by atoms with van der Waals surface area (Å²) in [5.74, 6) is -0.179. The third kappa shape index (κ3) is 2.34. The molecule has 0 aliphatic rings. The van der Waals surface area contributed by atoms with Gasteiger partial charge in [0, 0.05) is 18.3 Å². The molecule has 3 nitrogen and oxygen atoms in total. The van der Waals surface area contributed by atoms with E-state index in [1.807, 2.05) is 32.2 Å². The van der Waals surface area contributed by atoms with Gasteiger partial charge in [0.15, 0.2) is 0 Å². The molecule has 13 heavy (non-hydrogen) atoms. The minimum absolute atomic E-state index is 0.179. The molecule has 0 unspecified atom stereocenters. The second kappa shape index (κ2) is 3.64. The number of hydrogen-bond acceptors (Lipinski definition) is 2.